The fraction of sp³-hybridized carbons (Fsp3) is 0.667. The molecule has 0 radical (unpaired) electrons. The molecule has 0 aliphatic heterocycles. The molecule has 0 saturated heterocycles. The van der Waals surface area contributed by atoms with Crippen molar-refractivity contribution in [2.75, 3.05) is 6.54 Å². The second kappa shape index (κ2) is 9.04. The third kappa shape index (κ3) is 5.72. The molecule has 112 valence electrons. The first kappa shape index (κ1) is 16.3. The SMILES string of the molecule is CCNC(Cc1ccc(I)cc1)CC1CCCCCC1. The van der Waals surface area contributed by atoms with E-state index in [0.29, 0.717) is 6.04 Å². The predicted molar refractivity (Wildman–Crippen MR) is 96.1 cm³/mol. The van der Waals surface area contributed by atoms with Crippen LogP contribution >= 0.6 is 22.6 Å². The van der Waals surface area contributed by atoms with E-state index in [-0.39, 0.29) is 0 Å². The molecular weight excluding hydrogens is 357 g/mol. The van der Waals surface area contributed by atoms with E-state index in [4.69, 9.17) is 0 Å². The summed E-state index contributed by atoms with van der Waals surface area (Å²) in [6.07, 6.45) is 11.3. The second-order valence-corrected chi connectivity index (χ2v) is 7.42. The van der Waals surface area contributed by atoms with Gasteiger partial charge in [0.25, 0.3) is 0 Å². The molecule has 1 aromatic rings. The number of likely N-dealkylation sites (N-methyl/N-ethyl adjacent to an activating group) is 1. The molecule has 0 amide bonds. The molecule has 20 heavy (non-hydrogen) atoms. The van der Waals surface area contributed by atoms with E-state index >= 15 is 0 Å². The van der Waals surface area contributed by atoms with Crippen molar-refractivity contribution in [3.8, 4) is 0 Å². The minimum atomic E-state index is 0.656. The van der Waals surface area contributed by atoms with Crippen molar-refractivity contribution < 1.29 is 0 Å². The second-order valence-electron chi connectivity index (χ2n) is 6.18. The zero-order valence-corrected chi connectivity index (χ0v) is 14.9. The first-order valence-electron chi connectivity index (χ1n) is 8.25. The van der Waals surface area contributed by atoms with Crippen molar-refractivity contribution in [2.45, 2.75) is 64.3 Å². The summed E-state index contributed by atoms with van der Waals surface area (Å²) in [6, 6.07) is 9.69. The Bertz CT molecular complexity index is 366. The van der Waals surface area contributed by atoms with E-state index in [1.165, 1.54) is 60.5 Å². The van der Waals surface area contributed by atoms with Gasteiger partial charge in [-0.1, -0.05) is 57.6 Å². The third-order valence-electron chi connectivity index (χ3n) is 4.48. The fourth-order valence-electron chi connectivity index (χ4n) is 3.43. The minimum Gasteiger partial charge on any atom is -0.314 e. The van der Waals surface area contributed by atoms with Crippen LogP contribution in [0, 0.1) is 9.49 Å². The number of benzene rings is 1. The monoisotopic (exact) mass is 385 g/mol. The normalized spacial score (nSPS) is 18.7. The maximum absolute atomic E-state index is 3.71. The molecule has 0 aromatic heterocycles. The maximum Gasteiger partial charge on any atom is 0.0130 e. The van der Waals surface area contributed by atoms with Gasteiger partial charge in [-0.15, -0.1) is 0 Å². The van der Waals surface area contributed by atoms with Gasteiger partial charge < -0.3 is 5.32 Å². The molecule has 1 fully saturated rings. The van der Waals surface area contributed by atoms with Crippen LogP contribution in [-0.4, -0.2) is 12.6 Å². The van der Waals surface area contributed by atoms with Crippen molar-refractivity contribution >= 4 is 22.6 Å². The van der Waals surface area contributed by atoms with Crippen LogP contribution in [0.25, 0.3) is 0 Å². The zero-order chi connectivity index (χ0) is 14.2. The van der Waals surface area contributed by atoms with Crippen LogP contribution in [0.3, 0.4) is 0 Å². The number of rotatable bonds is 6. The Hall–Kier alpha value is -0.0900. The van der Waals surface area contributed by atoms with Crippen LogP contribution in [0.2, 0.25) is 0 Å². The summed E-state index contributed by atoms with van der Waals surface area (Å²) in [5.41, 5.74) is 1.48. The minimum absolute atomic E-state index is 0.656. The van der Waals surface area contributed by atoms with Gasteiger partial charge >= 0.3 is 0 Å². The average molecular weight is 385 g/mol. The summed E-state index contributed by atoms with van der Waals surface area (Å²) < 4.78 is 1.33. The highest BCUT2D eigenvalue weighted by Gasteiger charge is 2.18. The summed E-state index contributed by atoms with van der Waals surface area (Å²) in [5, 5.41) is 3.71. The van der Waals surface area contributed by atoms with E-state index in [2.05, 4.69) is 59.1 Å². The Morgan fingerprint density at radius 2 is 1.75 bits per heavy atom. The molecular formula is C18H28IN. The number of nitrogens with one attached hydrogen (secondary N) is 1. The fourth-order valence-corrected chi connectivity index (χ4v) is 3.79. The zero-order valence-electron chi connectivity index (χ0n) is 12.7. The molecule has 0 heterocycles. The lowest BCUT2D eigenvalue weighted by Crippen LogP contribution is -2.33. The number of halogens is 1. The van der Waals surface area contributed by atoms with E-state index in [0.717, 1.165) is 12.5 Å². The lowest BCUT2D eigenvalue weighted by molar-refractivity contribution is 0.353. The van der Waals surface area contributed by atoms with Gasteiger partial charge in [-0.2, -0.15) is 0 Å². The van der Waals surface area contributed by atoms with Crippen molar-refractivity contribution in [1.29, 1.82) is 0 Å². The van der Waals surface area contributed by atoms with Crippen LogP contribution in [0.15, 0.2) is 24.3 Å². The van der Waals surface area contributed by atoms with Gasteiger partial charge in [0.05, 0.1) is 0 Å². The van der Waals surface area contributed by atoms with E-state index in [1.54, 1.807) is 0 Å². The summed E-state index contributed by atoms with van der Waals surface area (Å²) in [4.78, 5) is 0. The van der Waals surface area contributed by atoms with Crippen molar-refractivity contribution in [3.05, 3.63) is 33.4 Å². The first-order chi connectivity index (χ1) is 9.78. The quantitative estimate of drug-likeness (QED) is 0.526. The lowest BCUT2D eigenvalue weighted by Gasteiger charge is -2.23. The molecule has 1 nitrogen and oxygen atoms in total. The molecule has 1 aliphatic carbocycles. The maximum atomic E-state index is 3.71. The molecule has 1 atom stereocenters. The van der Waals surface area contributed by atoms with Crippen LogP contribution < -0.4 is 5.32 Å². The summed E-state index contributed by atoms with van der Waals surface area (Å²) in [5.74, 6) is 0.949. The van der Waals surface area contributed by atoms with E-state index in [9.17, 15) is 0 Å². The van der Waals surface area contributed by atoms with Gasteiger partial charge in [0.15, 0.2) is 0 Å². The van der Waals surface area contributed by atoms with Crippen molar-refractivity contribution in [1.82, 2.24) is 5.32 Å². The highest BCUT2D eigenvalue weighted by molar-refractivity contribution is 14.1. The first-order valence-corrected chi connectivity index (χ1v) is 9.33. The number of hydrogen-bond acceptors (Lipinski definition) is 1. The van der Waals surface area contributed by atoms with E-state index in [1.807, 2.05) is 0 Å². The summed E-state index contributed by atoms with van der Waals surface area (Å²) >= 11 is 2.38. The molecule has 2 rings (SSSR count). The molecule has 1 unspecified atom stereocenters. The third-order valence-corrected chi connectivity index (χ3v) is 5.20. The lowest BCUT2D eigenvalue weighted by atomic mass is 9.90. The molecule has 0 spiro atoms. The standard InChI is InChI=1S/C18H28IN/c1-2-20-18(13-15-7-5-3-4-6-8-15)14-16-9-11-17(19)12-10-16/h9-12,15,18,20H,2-8,13-14H2,1H3. The number of hydrogen-bond donors (Lipinski definition) is 1. The van der Waals surface area contributed by atoms with Crippen molar-refractivity contribution in [3.63, 3.8) is 0 Å². The largest absolute Gasteiger partial charge is 0.314 e. The average Bonchev–Trinajstić information content (AvgIpc) is 2.70. The molecule has 1 aromatic carbocycles. The summed E-state index contributed by atoms with van der Waals surface area (Å²) in [7, 11) is 0. The Labute approximate surface area is 138 Å². The highest BCUT2D eigenvalue weighted by Crippen LogP contribution is 2.27. The predicted octanol–water partition coefficient (Wildman–Crippen LogP) is 5.17. The smallest absolute Gasteiger partial charge is 0.0130 e. The van der Waals surface area contributed by atoms with Gasteiger partial charge in [0.2, 0.25) is 0 Å². The molecule has 1 saturated carbocycles. The van der Waals surface area contributed by atoms with Crippen LogP contribution in [0.1, 0.15) is 57.4 Å². The topological polar surface area (TPSA) is 12.0 Å². The Kier molecular flexibility index (Phi) is 7.36. The van der Waals surface area contributed by atoms with Gasteiger partial charge in [-0.25, -0.2) is 0 Å². The van der Waals surface area contributed by atoms with Crippen LogP contribution in [0.5, 0.6) is 0 Å². The summed E-state index contributed by atoms with van der Waals surface area (Å²) in [6.45, 7) is 3.32. The van der Waals surface area contributed by atoms with Crippen molar-refractivity contribution in [2.24, 2.45) is 5.92 Å². The van der Waals surface area contributed by atoms with Gasteiger partial charge in [0, 0.05) is 9.61 Å². The Morgan fingerprint density at radius 1 is 1.10 bits per heavy atom. The van der Waals surface area contributed by atoms with Crippen LogP contribution in [0.4, 0.5) is 0 Å². The van der Waals surface area contributed by atoms with Crippen LogP contribution in [-0.2, 0) is 6.42 Å². The van der Waals surface area contributed by atoms with E-state index < -0.39 is 0 Å². The molecule has 2 heteroatoms. The molecule has 1 N–H and O–H groups in total. The van der Waals surface area contributed by atoms with Gasteiger partial charge in [0.1, 0.15) is 0 Å². The van der Waals surface area contributed by atoms with Gasteiger partial charge in [-0.05, 0) is 65.6 Å². The molecule has 1 aliphatic rings. The van der Waals surface area contributed by atoms with Gasteiger partial charge in [-0.3, -0.25) is 0 Å². The molecule has 0 bridgehead atoms. The highest BCUT2D eigenvalue weighted by atomic mass is 127. The Balaban J connectivity index is 1.90. The Morgan fingerprint density at radius 3 is 2.35 bits per heavy atom.